The molecule has 1 N–H and O–H groups in total. The van der Waals surface area contributed by atoms with Crippen molar-refractivity contribution in [3.63, 3.8) is 0 Å². The van der Waals surface area contributed by atoms with Gasteiger partial charge in [-0.15, -0.1) is 0 Å². The summed E-state index contributed by atoms with van der Waals surface area (Å²) in [5.74, 6) is 0.495. The lowest BCUT2D eigenvalue weighted by atomic mass is 10.1. The number of carbonyl (C=O) groups excluding carboxylic acids is 2. The summed E-state index contributed by atoms with van der Waals surface area (Å²) < 4.78 is 10.4. The van der Waals surface area contributed by atoms with Crippen LogP contribution in [0.15, 0.2) is 66.7 Å². The number of anilines is 1. The molecule has 0 radical (unpaired) electrons. The maximum absolute atomic E-state index is 12.5. The second-order valence-electron chi connectivity index (χ2n) is 6.24. The maximum Gasteiger partial charge on any atom is 0.337 e. The van der Waals surface area contributed by atoms with E-state index in [-0.39, 0.29) is 5.91 Å². The normalized spacial score (nSPS) is 9.97. The fourth-order valence-corrected chi connectivity index (χ4v) is 2.64. The second-order valence-corrected chi connectivity index (χ2v) is 6.24. The Morgan fingerprint density at radius 1 is 0.897 bits per heavy atom. The Bertz CT molecular complexity index is 1080. The Morgan fingerprint density at radius 3 is 2.10 bits per heavy atom. The lowest BCUT2D eigenvalue weighted by Crippen LogP contribution is -2.13. The molecule has 0 aliphatic rings. The molecule has 6 heteroatoms. The minimum atomic E-state index is -0.453. The molecule has 0 bridgehead atoms. The van der Waals surface area contributed by atoms with E-state index in [0.717, 1.165) is 5.56 Å². The number of hydrogen-bond acceptors (Lipinski definition) is 5. The van der Waals surface area contributed by atoms with E-state index >= 15 is 0 Å². The number of rotatable bonds is 5. The Hall–Kier alpha value is -4.11. The molecule has 29 heavy (non-hydrogen) atoms. The van der Waals surface area contributed by atoms with E-state index in [9.17, 15) is 9.59 Å². The molecule has 0 atom stereocenters. The zero-order valence-corrected chi connectivity index (χ0v) is 15.9. The third kappa shape index (κ3) is 4.79. The summed E-state index contributed by atoms with van der Waals surface area (Å²) in [6.45, 7) is 1.86. The molecule has 0 saturated heterocycles. The van der Waals surface area contributed by atoms with Gasteiger partial charge in [0.05, 0.1) is 24.3 Å². The van der Waals surface area contributed by atoms with Crippen LogP contribution in [-0.2, 0) is 4.74 Å². The molecule has 0 aromatic heterocycles. The number of esters is 1. The molecule has 0 saturated carbocycles. The van der Waals surface area contributed by atoms with Crippen LogP contribution in [0.1, 0.15) is 31.8 Å². The van der Waals surface area contributed by atoms with Gasteiger partial charge in [0.25, 0.3) is 5.91 Å². The highest BCUT2D eigenvalue weighted by molar-refractivity contribution is 6.05. The summed E-state index contributed by atoms with van der Waals surface area (Å²) in [7, 11) is 1.31. The number of amides is 1. The molecule has 0 unspecified atom stereocenters. The van der Waals surface area contributed by atoms with Gasteiger partial charge in [-0.1, -0.05) is 0 Å². The van der Waals surface area contributed by atoms with Crippen LogP contribution in [0.5, 0.6) is 11.5 Å². The van der Waals surface area contributed by atoms with Crippen molar-refractivity contribution in [3.8, 4) is 17.6 Å². The average Bonchev–Trinajstić information content (AvgIpc) is 2.75. The summed E-state index contributed by atoms with van der Waals surface area (Å²) >= 11 is 0. The monoisotopic (exact) mass is 386 g/mol. The molecule has 144 valence electrons. The Balaban J connectivity index is 1.69. The molecule has 0 aliphatic carbocycles. The largest absolute Gasteiger partial charge is 0.465 e. The first-order valence-corrected chi connectivity index (χ1v) is 8.78. The molecule has 0 heterocycles. The van der Waals surface area contributed by atoms with Crippen molar-refractivity contribution in [1.29, 1.82) is 5.26 Å². The van der Waals surface area contributed by atoms with Crippen molar-refractivity contribution in [2.45, 2.75) is 6.92 Å². The van der Waals surface area contributed by atoms with Gasteiger partial charge < -0.3 is 14.8 Å². The van der Waals surface area contributed by atoms with E-state index in [1.54, 1.807) is 60.7 Å². The zero-order valence-electron chi connectivity index (χ0n) is 15.9. The summed E-state index contributed by atoms with van der Waals surface area (Å²) in [5.41, 5.74) is 2.85. The van der Waals surface area contributed by atoms with Gasteiger partial charge in [-0.25, -0.2) is 4.79 Å². The third-order valence-corrected chi connectivity index (χ3v) is 4.23. The summed E-state index contributed by atoms with van der Waals surface area (Å²) in [4.78, 5) is 23.9. The molecule has 0 fully saturated rings. The van der Waals surface area contributed by atoms with Crippen LogP contribution in [0.2, 0.25) is 0 Å². The predicted octanol–water partition coefficient (Wildman–Crippen LogP) is 4.70. The Morgan fingerprint density at radius 2 is 1.52 bits per heavy atom. The van der Waals surface area contributed by atoms with E-state index in [1.165, 1.54) is 7.11 Å². The summed E-state index contributed by atoms with van der Waals surface area (Å²) in [6, 6.07) is 20.4. The van der Waals surface area contributed by atoms with Crippen molar-refractivity contribution in [2.75, 3.05) is 12.4 Å². The molecule has 3 aromatic carbocycles. The van der Waals surface area contributed by atoms with Crippen LogP contribution in [-0.4, -0.2) is 19.0 Å². The minimum Gasteiger partial charge on any atom is -0.465 e. The number of benzene rings is 3. The van der Waals surface area contributed by atoms with Gasteiger partial charge in [0.1, 0.15) is 11.5 Å². The van der Waals surface area contributed by atoms with E-state index in [2.05, 4.69) is 16.1 Å². The zero-order chi connectivity index (χ0) is 20.8. The number of nitrogens with one attached hydrogen (secondary N) is 1. The third-order valence-electron chi connectivity index (χ3n) is 4.23. The molecule has 0 spiro atoms. The number of hydrogen-bond donors (Lipinski definition) is 1. The Labute approximate surface area is 168 Å². The SMILES string of the molecule is COC(=O)c1ccc(C(=O)Nc2ccc(Oc3ccc(C#N)cc3)cc2C)cc1. The summed E-state index contributed by atoms with van der Waals surface area (Å²) in [5, 5.41) is 11.7. The highest BCUT2D eigenvalue weighted by atomic mass is 16.5. The van der Waals surface area contributed by atoms with E-state index < -0.39 is 5.97 Å². The van der Waals surface area contributed by atoms with Crippen LogP contribution in [0.25, 0.3) is 0 Å². The topological polar surface area (TPSA) is 88.4 Å². The maximum atomic E-state index is 12.5. The van der Waals surface area contributed by atoms with Crippen LogP contribution in [0.4, 0.5) is 5.69 Å². The van der Waals surface area contributed by atoms with Gasteiger partial charge in [0.2, 0.25) is 0 Å². The van der Waals surface area contributed by atoms with Crippen molar-refractivity contribution in [3.05, 3.63) is 89.0 Å². The standard InChI is InChI=1S/C23H18N2O4/c1-15-13-20(29-19-9-3-16(14-24)4-10-19)11-12-21(15)25-22(26)17-5-7-18(8-6-17)23(27)28-2/h3-13H,1-2H3,(H,25,26). The molecule has 3 aromatic rings. The number of methoxy groups -OCH3 is 1. The molecule has 1 amide bonds. The van der Waals surface area contributed by atoms with Crippen LogP contribution < -0.4 is 10.1 Å². The molecular formula is C23H18N2O4. The lowest BCUT2D eigenvalue weighted by Gasteiger charge is -2.11. The average molecular weight is 386 g/mol. The number of nitriles is 1. The van der Waals surface area contributed by atoms with Crippen molar-refractivity contribution in [2.24, 2.45) is 0 Å². The smallest absolute Gasteiger partial charge is 0.337 e. The number of aryl methyl sites for hydroxylation is 1. The van der Waals surface area contributed by atoms with Crippen LogP contribution >= 0.6 is 0 Å². The van der Waals surface area contributed by atoms with Crippen molar-refractivity contribution >= 4 is 17.6 Å². The van der Waals surface area contributed by atoms with Gasteiger partial charge in [-0.3, -0.25) is 4.79 Å². The fourth-order valence-electron chi connectivity index (χ4n) is 2.64. The second kappa shape index (κ2) is 8.72. The quantitative estimate of drug-likeness (QED) is 0.642. The molecule has 0 aliphatic heterocycles. The van der Waals surface area contributed by atoms with Crippen molar-refractivity contribution in [1.82, 2.24) is 0 Å². The first-order chi connectivity index (χ1) is 14.0. The summed E-state index contributed by atoms with van der Waals surface area (Å²) in [6.07, 6.45) is 0. The molecule has 3 rings (SSSR count). The van der Waals surface area contributed by atoms with Gasteiger partial charge >= 0.3 is 5.97 Å². The molecule has 6 nitrogen and oxygen atoms in total. The van der Waals surface area contributed by atoms with Crippen LogP contribution in [0, 0.1) is 18.3 Å². The van der Waals surface area contributed by atoms with Gasteiger partial charge in [0, 0.05) is 11.3 Å². The van der Waals surface area contributed by atoms with E-state index in [1.807, 2.05) is 13.0 Å². The minimum absolute atomic E-state index is 0.287. The van der Waals surface area contributed by atoms with E-state index in [0.29, 0.717) is 33.9 Å². The number of nitrogens with zero attached hydrogens (tertiary/aromatic N) is 1. The number of carbonyl (C=O) groups is 2. The highest BCUT2D eigenvalue weighted by Gasteiger charge is 2.11. The lowest BCUT2D eigenvalue weighted by molar-refractivity contribution is 0.0600. The van der Waals surface area contributed by atoms with Crippen molar-refractivity contribution < 1.29 is 19.1 Å². The fraction of sp³-hybridized carbons (Fsp3) is 0.0870. The highest BCUT2D eigenvalue weighted by Crippen LogP contribution is 2.26. The van der Waals surface area contributed by atoms with Gasteiger partial charge in [0.15, 0.2) is 0 Å². The first-order valence-electron chi connectivity index (χ1n) is 8.78. The van der Waals surface area contributed by atoms with Crippen LogP contribution in [0.3, 0.4) is 0 Å². The van der Waals surface area contributed by atoms with Gasteiger partial charge in [-0.2, -0.15) is 5.26 Å². The Kier molecular flexibility index (Phi) is 5.91. The van der Waals surface area contributed by atoms with Gasteiger partial charge in [-0.05, 0) is 79.2 Å². The first kappa shape index (κ1) is 19.6. The number of ether oxygens (including phenoxy) is 2. The van der Waals surface area contributed by atoms with E-state index in [4.69, 9.17) is 10.00 Å². The predicted molar refractivity (Wildman–Crippen MR) is 108 cm³/mol. The molecular weight excluding hydrogens is 368 g/mol.